The molecule has 0 fully saturated rings. The van der Waals surface area contributed by atoms with Crippen molar-refractivity contribution in [3.63, 3.8) is 0 Å². The number of amidine groups is 1. The van der Waals surface area contributed by atoms with Crippen molar-refractivity contribution in [1.29, 1.82) is 0 Å². The van der Waals surface area contributed by atoms with Crippen LogP contribution in [0.1, 0.15) is 12.0 Å². The molecule has 1 atom stereocenters. The van der Waals surface area contributed by atoms with E-state index in [1.54, 1.807) is 18.2 Å². The van der Waals surface area contributed by atoms with Crippen LogP contribution >= 0.6 is 15.9 Å². The van der Waals surface area contributed by atoms with Crippen LogP contribution in [0.3, 0.4) is 0 Å². The van der Waals surface area contributed by atoms with Gasteiger partial charge >= 0.3 is 0 Å². The number of alkyl halides is 2. The Labute approximate surface area is 123 Å². The summed E-state index contributed by atoms with van der Waals surface area (Å²) in [6.07, 6.45) is 0.0630. The summed E-state index contributed by atoms with van der Waals surface area (Å²) in [6, 6.07) is 5.02. The number of nitrogens with zero attached hydrogens (tertiary/aromatic N) is 1. The number of benzene rings is 1. The summed E-state index contributed by atoms with van der Waals surface area (Å²) in [5.74, 6) is -2.65. The minimum Gasteiger partial charge on any atom is -0.493 e. The fourth-order valence-electron chi connectivity index (χ4n) is 2.65. The van der Waals surface area contributed by atoms with Crippen molar-refractivity contribution in [3.05, 3.63) is 28.2 Å². The second kappa shape index (κ2) is 4.66. The molecule has 3 rings (SSSR count). The largest absolute Gasteiger partial charge is 0.493 e. The van der Waals surface area contributed by atoms with Gasteiger partial charge in [-0.3, -0.25) is 4.99 Å². The lowest BCUT2D eigenvalue weighted by Crippen LogP contribution is -2.49. The van der Waals surface area contributed by atoms with E-state index >= 15 is 0 Å². The second-order valence-corrected chi connectivity index (χ2v) is 5.82. The van der Waals surface area contributed by atoms with Crippen molar-refractivity contribution < 1.29 is 18.3 Å². The molecule has 7 heteroatoms. The number of ether oxygens (including phenoxy) is 2. The molecule has 2 aliphatic rings. The van der Waals surface area contributed by atoms with Crippen molar-refractivity contribution >= 4 is 21.8 Å². The standard InChI is InChI=1S/C13H13BrF2N2O2/c14-8-1-2-10-9(5-8)12(3-4-20-10)13(15,16)7-19-6-11(17)18-12/h1-2,5H,3-4,6-7H2,(H2,17,18). The Balaban J connectivity index is 2.25. The van der Waals surface area contributed by atoms with E-state index in [9.17, 15) is 8.78 Å². The molecule has 2 heterocycles. The fraction of sp³-hybridized carbons (Fsp3) is 0.462. The van der Waals surface area contributed by atoms with Crippen molar-refractivity contribution in [2.24, 2.45) is 10.7 Å². The first-order valence-electron chi connectivity index (χ1n) is 6.17. The summed E-state index contributed by atoms with van der Waals surface area (Å²) in [7, 11) is 0. The van der Waals surface area contributed by atoms with Crippen LogP contribution in [0.15, 0.2) is 27.7 Å². The Morgan fingerprint density at radius 2 is 2.15 bits per heavy atom. The number of hydrogen-bond donors (Lipinski definition) is 1. The van der Waals surface area contributed by atoms with Gasteiger partial charge in [0.15, 0.2) is 5.54 Å². The minimum absolute atomic E-state index is 0.0630. The Morgan fingerprint density at radius 3 is 2.95 bits per heavy atom. The molecule has 4 nitrogen and oxygen atoms in total. The van der Waals surface area contributed by atoms with Gasteiger partial charge in [-0.1, -0.05) is 15.9 Å². The molecule has 108 valence electrons. The van der Waals surface area contributed by atoms with Crippen molar-refractivity contribution in [3.8, 4) is 5.75 Å². The molecular formula is C13H13BrF2N2O2. The number of aliphatic imine (C=N–C) groups is 1. The van der Waals surface area contributed by atoms with Crippen LogP contribution in [0.5, 0.6) is 5.75 Å². The van der Waals surface area contributed by atoms with Crippen LogP contribution in [0.2, 0.25) is 0 Å². The van der Waals surface area contributed by atoms with Crippen LogP contribution in [-0.4, -0.2) is 31.6 Å². The van der Waals surface area contributed by atoms with Crippen LogP contribution < -0.4 is 10.5 Å². The maximum atomic E-state index is 14.6. The highest BCUT2D eigenvalue weighted by atomic mass is 79.9. The zero-order valence-corrected chi connectivity index (χ0v) is 12.1. The molecule has 0 amide bonds. The van der Waals surface area contributed by atoms with Gasteiger partial charge in [0.2, 0.25) is 0 Å². The lowest BCUT2D eigenvalue weighted by atomic mass is 9.79. The maximum Gasteiger partial charge on any atom is 0.299 e. The molecule has 1 aromatic carbocycles. The molecular weight excluding hydrogens is 334 g/mol. The summed E-state index contributed by atoms with van der Waals surface area (Å²) in [6.45, 7) is -0.619. The lowest BCUT2D eigenvalue weighted by Gasteiger charge is -2.40. The second-order valence-electron chi connectivity index (χ2n) is 4.90. The Kier molecular flexibility index (Phi) is 3.21. The first-order chi connectivity index (χ1) is 9.45. The van der Waals surface area contributed by atoms with Crippen LogP contribution in [-0.2, 0) is 10.3 Å². The van der Waals surface area contributed by atoms with Gasteiger partial charge in [-0.15, -0.1) is 0 Å². The zero-order chi connectivity index (χ0) is 14.4. The first kappa shape index (κ1) is 13.8. The molecule has 1 unspecified atom stereocenters. The van der Waals surface area contributed by atoms with Crippen molar-refractivity contribution in [2.45, 2.75) is 17.9 Å². The normalized spacial score (nSPS) is 28.2. The zero-order valence-electron chi connectivity index (χ0n) is 10.5. The Bertz CT molecular complexity index is 579. The van der Waals surface area contributed by atoms with Crippen LogP contribution in [0.25, 0.3) is 0 Å². The molecule has 1 spiro atoms. The van der Waals surface area contributed by atoms with Gasteiger partial charge in [0.25, 0.3) is 5.92 Å². The topological polar surface area (TPSA) is 56.8 Å². The Morgan fingerprint density at radius 1 is 1.35 bits per heavy atom. The van der Waals surface area contributed by atoms with E-state index in [4.69, 9.17) is 15.2 Å². The third-order valence-corrected chi connectivity index (χ3v) is 4.07. The molecule has 0 bridgehead atoms. The third-order valence-electron chi connectivity index (χ3n) is 3.58. The van der Waals surface area contributed by atoms with E-state index in [1.807, 2.05) is 0 Å². The highest BCUT2D eigenvalue weighted by Crippen LogP contribution is 2.51. The van der Waals surface area contributed by atoms with Gasteiger partial charge in [-0.2, -0.15) is 0 Å². The van der Waals surface area contributed by atoms with E-state index in [2.05, 4.69) is 20.9 Å². The molecule has 0 saturated heterocycles. The highest BCUT2D eigenvalue weighted by molar-refractivity contribution is 9.10. The Hall–Kier alpha value is -1.21. The summed E-state index contributed by atoms with van der Waals surface area (Å²) < 4.78 is 40.4. The van der Waals surface area contributed by atoms with Gasteiger partial charge in [0, 0.05) is 16.5 Å². The van der Waals surface area contributed by atoms with Gasteiger partial charge in [0.05, 0.1) is 6.61 Å². The maximum absolute atomic E-state index is 14.6. The number of halogens is 3. The number of nitrogens with two attached hydrogens (primary N) is 1. The predicted molar refractivity (Wildman–Crippen MR) is 73.3 cm³/mol. The average molecular weight is 347 g/mol. The van der Waals surface area contributed by atoms with E-state index in [0.29, 0.717) is 15.8 Å². The lowest BCUT2D eigenvalue weighted by molar-refractivity contribution is -0.129. The number of hydrogen-bond acceptors (Lipinski definition) is 4. The van der Waals surface area contributed by atoms with Gasteiger partial charge in [0.1, 0.15) is 24.8 Å². The van der Waals surface area contributed by atoms with E-state index in [1.165, 1.54) is 0 Å². The van der Waals surface area contributed by atoms with E-state index in [-0.39, 0.29) is 25.5 Å². The quantitative estimate of drug-likeness (QED) is 0.784. The minimum atomic E-state index is -3.15. The average Bonchev–Trinajstić information content (AvgIpc) is 2.49. The third kappa shape index (κ3) is 2.00. The van der Waals surface area contributed by atoms with Gasteiger partial charge < -0.3 is 15.2 Å². The summed E-state index contributed by atoms with van der Waals surface area (Å²) in [4.78, 5) is 4.12. The van der Waals surface area contributed by atoms with Gasteiger partial charge in [-0.25, -0.2) is 8.78 Å². The summed E-state index contributed by atoms with van der Waals surface area (Å²) >= 11 is 3.30. The number of fused-ring (bicyclic) bond motifs is 2. The summed E-state index contributed by atoms with van der Waals surface area (Å²) in [5.41, 5.74) is 4.32. The fourth-order valence-corrected chi connectivity index (χ4v) is 3.01. The molecule has 20 heavy (non-hydrogen) atoms. The first-order valence-corrected chi connectivity index (χ1v) is 6.96. The molecule has 0 saturated carbocycles. The molecule has 1 aromatic rings. The highest BCUT2D eigenvalue weighted by Gasteiger charge is 2.58. The van der Waals surface area contributed by atoms with E-state index < -0.39 is 18.1 Å². The van der Waals surface area contributed by atoms with Crippen LogP contribution in [0, 0.1) is 0 Å². The molecule has 0 radical (unpaired) electrons. The van der Waals surface area contributed by atoms with Gasteiger partial charge in [-0.05, 0) is 18.2 Å². The smallest absolute Gasteiger partial charge is 0.299 e. The number of rotatable bonds is 0. The molecule has 0 aromatic heterocycles. The summed E-state index contributed by atoms with van der Waals surface area (Å²) in [5, 5.41) is 0. The van der Waals surface area contributed by atoms with Crippen molar-refractivity contribution in [2.75, 3.05) is 19.8 Å². The van der Waals surface area contributed by atoms with Crippen LogP contribution in [0.4, 0.5) is 8.78 Å². The molecule has 0 aliphatic carbocycles. The van der Waals surface area contributed by atoms with Crippen molar-refractivity contribution in [1.82, 2.24) is 0 Å². The molecule has 2 aliphatic heterocycles. The van der Waals surface area contributed by atoms with E-state index in [0.717, 1.165) is 0 Å². The monoisotopic (exact) mass is 346 g/mol. The predicted octanol–water partition coefficient (Wildman–Crippen LogP) is 2.45. The molecule has 2 N–H and O–H groups in total. The SMILES string of the molecule is NC1=NC2(CCOc3ccc(Br)cc32)C(F)(F)COC1.